The molecule has 6 nitrogen and oxygen atoms in total. The van der Waals surface area contributed by atoms with E-state index in [2.05, 4.69) is 10.2 Å². The zero-order valence-electron chi connectivity index (χ0n) is 16.8. The van der Waals surface area contributed by atoms with Crippen LogP contribution in [0, 0.1) is 5.92 Å². The van der Waals surface area contributed by atoms with E-state index >= 15 is 0 Å². The second-order valence-corrected chi connectivity index (χ2v) is 7.77. The molecule has 1 aromatic rings. The van der Waals surface area contributed by atoms with E-state index in [4.69, 9.17) is 9.47 Å². The predicted molar refractivity (Wildman–Crippen MR) is 107 cm³/mol. The van der Waals surface area contributed by atoms with Crippen LogP contribution in [0.5, 0.6) is 0 Å². The minimum absolute atomic E-state index is 0.0379. The topological polar surface area (TPSA) is 67.9 Å². The van der Waals surface area contributed by atoms with E-state index in [0.29, 0.717) is 19.3 Å². The first-order valence-corrected chi connectivity index (χ1v) is 10.5. The van der Waals surface area contributed by atoms with Gasteiger partial charge in [-0.1, -0.05) is 30.3 Å². The van der Waals surface area contributed by atoms with Crippen LogP contribution in [0.4, 0.5) is 4.79 Å². The van der Waals surface area contributed by atoms with E-state index < -0.39 is 0 Å². The summed E-state index contributed by atoms with van der Waals surface area (Å²) in [7, 11) is 0. The highest BCUT2D eigenvalue weighted by atomic mass is 16.5. The van der Waals surface area contributed by atoms with Crippen molar-refractivity contribution in [2.75, 3.05) is 19.7 Å². The number of rotatable bonds is 6. The molecule has 0 aromatic heterocycles. The van der Waals surface area contributed by atoms with Crippen molar-refractivity contribution in [2.24, 2.45) is 5.92 Å². The van der Waals surface area contributed by atoms with Gasteiger partial charge in [0.15, 0.2) is 0 Å². The molecule has 0 atom stereocenters. The Morgan fingerprint density at radius 3 is 2.32 bits per heavy atom. The van der Waals surface area contributed by atoms with Gasteiger partial charge in [0, 0.05) is 12.1 Å². The van der Waals surface area contributed by atoms with Crippen LogP contribution >= 0.6 is 0 Å². The summed E-state index contributed by atoms with van der Waals surface area (Å²) in [6.07, 6.45) is 5.56. The van der Waals surface area contributed by atoms with Gasteiger partial charge in [0.25, 0.3) is 0 Å². The van der Waals surface area contributed by atoms with E-state index in [1.807, 2.05) is 37.3 Å². The van der Waals surface area contributed by atoms with E-state index in [0.717, 1.165) is 57.2 Å². The average molecular weight is 389 g/mol. The molecule has 0 unspecified atom stereocenters. The van der Waals surface area contributed by atoms with Crippen LogP contribution in [0.2, 0.25) is 0 Å². The lowest BCUT2D eigenvalue weighted by Gasteiger charge is -2.40. The Hall–Kier alpha value is -2.08. The summed E-state index contributed by atoms with van der Waals surface area (Å²) in [6, 6.07) is 10.5. The molecule has 1 aromatic carbocycles. The molecule has 154 valence electrons. The number of carbonyl (C=O) groups excluding carboxylic acids is 2. The van der Waals surface area contributed by atoms with Crippen molar-refractivity contribution in [3.8, 4) is 0 Å². The third kappa shape index (κ3) is 5.96. The molecule has 6 heteroatoms. The number of esters is 1. The van der Waals surface area contributed by atoms with Gasteiger partial charge in [-0.25, -0.2) is 4.79 Å². The van der Waals surface area contributed by atoms with Crippen LogP contribution in [-0.2, 0) is 20.9 Å². The highest BCUT2D eigenvalue weighted by Crippen LogP contribution is 2.28. The SMILES string of the molecule is CCOC(=O)C1CCN(C2CCC(NC(=O)OCc3ccccc3)CC2)CC1. The highest BCUT2D eigenvalue weighted by molar-refractivity contribution is 5.72. The van der Waals surface area contributed by atoms with Crippen molar-refractivity contribution in [2.45, 2.75) is 64.1 Å². The highest BCUT2D eigenvalue weighted by Gasteiger charge is 2.32. The van der Waals surface area contributed by atoms with Crippen LogP contribution in [0.25, 0.3) is 0 Å². The molecular formula is C22H32N2O4. The Kier molecular flexibility index (Phi) is 7.71. The molecule has 1 aliphatic carbocycles. The number of ether oxygens (including phenoxy) is 2. The molecule has 0 bridgehead atoms. The summed E-state index contributed by atoms with van der Waals surface area (Å²) in [5, 5.41) is 3.01. The van der Waals surface area contributed by atoms with Crippen molar-refractivity contribution >= 4 is 12.1 Å². The standard InChI is InChI=1S/C22H32N2O4/c1-2-27-21(25)18-12-14-24(15-13-18)20-10-8-19(9-11-20)23-22(26)28-16-17-6-4-3-5-7-17/h3-7,18-20H,2,8-16H2,1H3,(H,23,26). The number of hydrogen-bond donors (Lipinski definition) is 1. The van der Waals surface area contributed by atoms with Gasteiger partial charge in [-0.05, 0) is 64.1 Å². The summed E-state index contributed by atoms with van der Waals surface area (Å²) in [6.45, 7) is 4.55. The molecule has 2 fully saturated rings. The predicted octanol–water partition coefficient (Wildman–Crippen LogP) is 3.50. The molecule has 3 rings (SSSR count). The summed E-state index contributed by atoms with van der Waals surface area (Å²) in [4.78, 5) is 26.4. The molecule has 2 aliphatic rings. The number of carbonyl (C=O) groups is 2. The summed E-state index contributed by atoms with van der Waals surface area (Å²) in [5.41, 5.74) is 0.993. The molecule has 1 N–H and O–H groups in total. The molecule has 0 radical (unpaired) electrons. The number of alkyl carbamates (subject to hydrolysis) is 1. The van der Waals surface area contributed by atoms with Crippen molar-refractivity contribution in [1.82, 2.24) is 10.2 Å². The smallest absolute Gasteiger partial charge is 0.407 e. The van der Waals surface area contributed by atoms with Gasteiger partial charge in [-0.2, -0.15) is 0 Å². The van der Waals surface area contributed by atoms with Gasteiger partial charge >= 0.3 is 12.1 Å². The fourth-order valence-corrected chi connectivity index (χ4v) is 4.28. The molecule has 1 heterocycles. The van der Waals surface area contributed by atoms with Crippen molar-refractivity contribution in [3.63, 3.8) is 0 Å². The molecule has 1 saturated carbocycles. The second-order valence-electron chi connectivity index (χ2n) is 7.77. The second kappa shape index (κ2) is 10.5. The van der Waals surface area contributed by atoms with Crippen molar-refractivity contribution in [1.29, 1.82) is 0 Å². The van der Waals surface area contributed by atoms with Crippen LogP contribution in [0.15, 0.2) is 30.3 Å². The Labute approximate surface area is 167 Å². The summed E-state index contributed by atoms with van der Waals surface area (Å²) in [5.74, 6) is 0.0256. The van der Waals surface area contributed by atoms with E-state index in [1.165, 1.54) is 0 Å². The lowest BCUT2D eigenvalue weighted by atomic mass is 9.88. The van der Waals surface area contributed by atoms with Gasteiger partial charge in [-0.15, -0.1) is 0 Å². The van der Waals surface area contributed by atoms with E-state index in [-0.39, 0.29) is 24.0 Å². The van der Waals surface area contributed by atoms with Crippen LogP contribution in [0.3, 0.4) is 0 Å². The fourth-order valence-electron chi connectivity index (χ4n) is 4.28. The first-order valence-electron chi connectivity index (χ1n) is 10.5. The first-order chi connectivity index (χ1) is 13.7. The summed E-state index contributed by atoms with van der Waals surface area (Å²) >= 11 is 0. The summed E-state index contributed by atoms with van der Waals surface area (Å²) < 4.78 is 10.5. The van der Waals surface area contributed by atoms with Crippen molar-refractivity contribution in [3.05, 3.63) is 35.9 Å². The zero-order valence-corrected chi connectivity index (χ0v) is 16.8. The fraction of sp³-hybridized carbons (Fsp3) is 0.636. The molecular weight excluding hydrogens is 356 g/mol. The van der Waals surface area contributed by atoms with Gasteiger partial charge in [-0.3, -0.25) is 4.79 Å². The Balaban J connectivity index is 1.33. The van der Waals surface area contributed by atoms with Gasteiger partial charge in [0.05, 0.1) is 12.5 Å². The van der Waals surface area contributed by atoms with E-state index in [9.17, 15) is 9.59 Å². The number of likely N-dealkylation sites (tertiary alicyclic amines) is 1. The number of amides is 1. The maximum Gasteiger partial charge on any atom is 0.407 e. The molecule has 1 saturated heterocycles. The Morgan fingerprint density at radius 2 is 1.68 bits per heavy atom. The molecule has 1 aliphatic heterocycles. The Morgan fingerprint density at radius 1 is 1.00 bits per heavy atom. The number of piperidine rings is 1. The molecule has 1 amide bonds. The minimum atomic E-state index is -0.331. The number of benzene rings is 1. The largest absolute Gasteiger partial charge is 0.466 e. The number of nitrogens with zero attached hydrogens (tertiary/aromatic N) is 1. The van der Waals surface area contributed by atoms with Gasteiger partial charge in [0.2, 0.25) is 0 Å². The lowest BCUT2D eigenvalue weighted by molar-refractivity contribution is -0.149. The van der Waals surface area contributed by atoms with Gasteiger partial charge in [0.1, 0.15) is 6.61 Å². The van der Waals surface area contributed by atoms with E-state index in [1.54, 1.807) is 0 Å². The van der Waals surface area contributed by atoms with Crippen LogP contribution < -0.4 is 5.32 Å². The zero-order chi connectivity index (χ0) is 19.8. The monoisotopic (exact) mass is 388 g/mol. The lowest BCUT2D eigenvalue weighted by Crippen LogP contribution is -2.47. The third-order valence-corrected chi connectivity index (χ3v) is 5.90. The van der Waals surface area contributed by atoms with Gasteiger partial charge < -0.3 is 19.7 Å². The van der Waals surface area contributed by atoms with Crippen molar-refractivity contribution < 1.29 is 19.1 Å². The van der Waals surface area contributed by atoms with Crippen LogP contribution in [0.1, 0.15) is 51.0 Å². The quantitative estimate of drug-likeness (QED) is 0.756. The molecule has 28 heavy (non-hydrogen) atoms. The molecule has 0 spiro atoms. The number of nitrogens with one attached hydrogen (secondary N) is 1. The third-order valence-electron chi connectivity index (χ3n) is 5.90. The maximum atomic E-state index is 12.0. The normalized spacial score (nSPS) is 23.8. The average Bonchev–Trinajstić information content (AvgIpc) is 2.74. The maximum absolute atomic E-state index is 12.0. The minimum Gasteiger partial charge on any atom is -0.466 e. The Bertz CT molecular complexity index is 621. The van der Waals surface area contributed by atoms with Crippen LogP contribution in [-0.4, -0.2) is 48.7 Å². The number of hydrogen-bond acceptors (Lipinski definition) is 5. The first kappa shape index (κ1) is 20.6.